The number of amides is 1. The highest BCUT2D eigenvalue weighted by Gasteiger charge is 2.34. The lowest BCUT2D eigenvalue weighted by molar-refractivity contribution is -0.131. The molecule has 1 amide bonds. The molecule has 0 unspecified atom stereocenters. The maximum Gasteiger partial charge on any atom is 0.225 e. The first-order chi connectivity index (χ1) is 18.1. The van der Waals surface area contributed by atoms with Gasteiger partial charge in [-0.3, -0.25) is 14.7 Å². The zero-order valence-electron chi connectivity index (χ0n) is 20.5. The number of H-pyrrole nitrogens is 1. The highest BCUT2D eigenvalue weighted by atomic mass is 35.5. The molecule has 9 heteroatoms. The lowest BCUT2D eigenvalue weighted by Crippen LogP contribution is -2.55. The number of pyridine rings is 3. The van der Waals surface area contributed by atoms with Crippen molar-refractivity contribution in [3.05, 3.63) is 71.9 Å². The third kappa shape index (κ3) is 5.45. The predicted molar refractivity (Wildman–Crippen MR) is 145 cm³/mol. The first kappa shape index (κ1) is 23.9. The molecule has 8 nitrogen and oxygen atoms in total. The van der Waals surface area contributed by atoms with Crippen molar-refractivity contribution in [2.45, 2.75) is 44.3 Å². The Hall–Kier alpha value is -3.49. The van der Waals surface area contributed by atoms with Gasteiger partial charge in [0, 0.05) is 67.5 Å². The van der Waals surface area contributed by atoms with Gasteiger partial charge < -0.3 is 15.6 Å². The average molecular weight is 516 g/mol. The molecule has 6 rings (SSSR count). The first-order valence-corrected chi connectivity index (χ1v) is 13.3. The number of likely N-dealkylation sites (tertiary alicyclic amines) is 1. The summed E-state index contributed by atoms with van der Waals surface area (Å²) in [5.41, 5.74) is 4.14. The third-order valence-corrected chi connectivity index (χ3v) is 7.66. The van der Waals surface area contributed by atoms with E-state index in [0.29, 0.717) is 11.2 Å². The van der Waals surface area contributed by atoms with Gasteiger partial charge in [0.05, 0.1) is 5.92 Å². The number of anilines is 1. The molecule has 5 heterocycles. The highest BCUT2D eigenvalue weighted by molar-refractivity contribution is 6.29. The molecule has 3 N–H and O–H groups in total. The Morgan fingerprint density at radius 1 is 1.05 bits per heavy atom. The Bertz CT molecular complexity index is 1380. The summed E-state index contributed by atoms with van der Waals surface area (Å²) in [7, 11) is 0. The Morgan fingerprint density at radius 2 is 1.84 bits per heavy atom. The van der Waals surface area contributed by atoms with Crippen molar-refractivity contribution in [2.75, 3.05) is 18.4 Å². The highest BCUT2D eigenvalue weighted by Crippen LogP contribution is 2.31. The molecule has 2 fully saturated rings. The third-order valence-electron chi connectivity index (χ3n) is 7.47. The van der Waals surface area contributed by atoms with E-state index in [1.54, 1.807) is 6.20 Å². The van der Waals surface area contributed by atoms with E-state index in [2.05, 4.69) is 35.5 Å². The van der Waals surface area contributed by atoms with Gasteiger partial charge in [-0.1, -0.05) is 11.6 Å². The predicted octanol–water partition coefficient (Wildman–Crippen LogP) is 4.64. The van der Waals surface area contributed by atoms with E-state index >= 15 is 0 Å². The van der Waals surface area contributed by atoms with Gasteiger partial charge in [-0.05, 0) is 73.2 Å². The van der Waals surface area contributed by atoms with Gasteiger partial charge >= 0.3 is 0 Å². The lowest BCUT2D eigenvalue weighted by Gasteiger charge is -2.39. The molecule has 0 spiro atoms. The lowest BCUT2D eigenvalue weighted by atomic mass is 9.90. The van der Waals surface area contributed by atoms with E-state index in [-0.39, 0.29) is 17.9 Å². The Labute approximate surface area is 220 Å². The van der Waals surface area contributed by atoms with Crippen molar-refractivity contribution < 1.29 is 4.79 Å². The summed E-state index contributed by atoms with van der Waals surface area (Å²) in [5, 5.41) is 8.38. The van der Waals surface area contributed by atoms with Crippen LogP contribution in [0.1, 0.15) is 31.2 Å². The standard InChI is InChI=1S/C28H30ClN7O/c29-25-12-19(24-14-32-27-23(24)2-1-9-31-27)13-26(35-25)33-21-3-5-22(6-4-21)34-28(37)20-16-36(17-20)15-18-7-10-30-11-8-18/h1-2,7-14,20-22H,3-6,15-17H2,(H,31,32)(H,33,35)(H,34,37). The minimum atomic E-state index is 0.0893. The molecule has 2 aliphatic rings. The molecule has 4 aromatic heterocycles. The van der Waals surface area contributed by atoms with Crippen LogP contribution in [-0.2, 0) is 11.3 Å². The summed E-state index contributed by atoms with van der Waals surface area (Å²) in [6, 6.07) is 12.5. The molecule has 1 saturated carbocycles. The number of nitrogens with one attached hydrogen (secondary N) is 3. The van der Waals surface area contributed by atoms with Crippen LogP contribution in [0.4, 0.5) is 5.82 Å². The molecule has 1 aliphatic heterocycles. The van der Waals surface area contributed by atoms with E-state index < -0.39 is 0 Å². The smallest absolute Gasteiger partial charge is 0.225 e. The second-order valence-electron chi connectivity index (χ2n) is 10.1. The molecule has 1 aliphatic carbocycles. The van der Waals surface area contributed by atoms with Crippen molar-refractivity contribution in [2.24, 2.45) is 5.92 Å². The number of carbonyl (C=O) groups is 1. The molecule has 190 valence electrons. The van der Waals surface area contributed by atoms with E-state index in [0.717, 1.165) is 73.3 Å². The molecular weight excluding hydrogens is 486 g/mol. The van der Waals surface area contributed by atoms with Crippen LogP contribution >= 0.6 is 11.6 Å². The van der Waals surface area contributed by atoms with Gasteiger partial charge in [0.2, 0.25) is 5.91 Å². The summed E-state index contributed by atoms with van der Waals surface area (Å²) in [6.45, 7) is 2.51. The van der Waals surface area contributed by atoms with Crippen LogP contribution in [0.15, 0.2) is 61.2 Å². The maximum atomic E-state index is 12.7. The molecule has 0 atom stereocenters. The van der Waals surface area contributed by atoms with Gasteiger partial charge in [-0.2, -0.15) is 0 Å². The Balaban J connectivity index is 0.994. The summed E-state index contributed by atoms with van der Waals surface area (Å²) in [6.07, 6.45) is 11.2. The van der Waals surface area contributed by atoms with Crippen LogP contribution in [0.3, 0.4) is 0 Å². The fourth-order valence-corrected chi connectivity index (χ4v) is 5.65. The molecular formula is C28H30ClN7O. The number of aromatic amines is 1. The first-order valence-electron chi connectivity index (χ1n) is 12.9. The Kier molecular flexibility index (Phi) is 6.76. The molecule has 1 saturated heterocycles. The zero-order valence-corrected chi connectivity index (χ0v) is 21.3. The van der Waals surface area contributed by atoms with Gasteiger partial charge in [-0.15, -0.1) is 0 Å². The SMILES string of the molecule is O=C(NC1CCC(Nc2cc(-c3c[nH]c4ncccc34)cc(Cl)n2)CC1)C1CN(Cc2ccncc2)C1. The van der Waals surface area contributed by atoms with Crippen LogP contribution in [-0.4, -0.2) is 55.9 Å². The molecule has 0 radical (unpaired) electrons. The average Bonchev–Trinajstić information content (AvgIpc) is 3.32. The van der Waals surface area contributed by atoms with Crippen LogP contribution in [0.25, 0.3) is 22.2 Å². The number of hydrogen-bond donors (Lipinski definition) is 3. The second-order valence-corrected chi connectivity index (χ2v) is 10.5. The normalized spacial score (nSPS) is 20.5. The minimum Gasteiger partial charge on any atom is -0.367 e. The summed E-state index contributed by atoms with van der Waals surface area (Å²) in [4.78, 5) is 31.2. The van der Waals surface area contributed by atoms with Gasteiger partial charge in [0.1, 0.15) is 16.6 Å². The van der Waals surface area contributed by atoms with Gasteiger partial charge in [-0.25, -0.2) is 9.97 Å². The van der Waals surface area contributed by atoms with Crippen molar-refractivity contribution in [1.82, 2.24) is 30.2 Å². The summed E-state index contributed by atoms with van der Waals surface area (Å²) >= 11 is 6.39. The summed E-state index contributed by atoms with van der Waals surface area (Å²) < 4.78 is 0. The number of carbonyl (C=O) groups excluding carboxylic acids is 1. The number of nitrogens with zero attached hydrogens (tertiary/aromatic N) is 4. The van der Waals surface area contributed by atoms with Crippen LogP contribution in [0, 0.1) is 5.92 Å². The second kappa shape index (κ2) is 10.5. The van der Waals surface area contributed by atoms with E-state index in [1.165, 1.54) is 5.56 Å². The van der Waals surface area contributed by atoms with Crippen molar-refractivity contribution in [3.63, 3.8) is 0 Å². The summed E-state index contributed by atoms with van der Waals surface area (Å²) in [5.74, 6) is 1.06. The molecule has 0 aromatic carbocycles. The van der Waals surface area contributed by atoms with Gasteiger partial charge in [0.15, 0.2) is 0 Å². The van der Waals surface area contributed by atoms with E-state index in [4.69, 9.17) is 11.6 Å². The monoisotopic (exact) mass is 515 g/mol. The van der Waals surface area contributed by atoms with Gasteiger partial charge in [0.25, 0.3) is 0 Å². The van der Waals surface area contributed by atoms with E-state index in [1.807, 2.05) is 55.0 Å². The number of aromatic nitrogens is 4. The zero-order chi connectivity index (χ0) is 25.2. The number of rotatable bonds is 7. The van der Waals surface area contributed by atoms with Crippen molar-refractivity contribution in [1.29, 1.82) is 0 Å². The minimum absolute atomic E-state index is 0.0893. The fourth-order valence-electron chi connectivity index (χ4n) is 5.44. The number of fused-ring (bicyclic) bond motifs is 1. The maximum absolute atomic E-state index is 12.7. The van der Waals surface area contributed by atoms with E-state index in [9.17, 15) is 4.79 Å². The quantitative estimate of drug-likeness (QED) is 0.310. The Morgan fingerprint density at radius 3 is 2.65 bits per heavy atom. The largest absolute Gasteiger partial charge is 0.367 e. The number of halogens is 1. The molecule has 0 bridgehead atoms. The topological polar surface area (TPSA) is 98.8 Å². The molecule has 4 aromatic rings. The fraction of sp³-hybridized carbons (Fsp3) is 0.357. The molecule has 37 heavy (non-hydrogen) atoms. The van der Waals surface area contributed by atoms with Crippen LogP contribution < -0.4 is 10.6 Å². The van der Waals surface area contributed by atoms with Crippen LogP contribution in [0.2, 0.25) is 5.15 Å². The van der Waals surface area contributed by atoms with Crippen LogP contribution in [0.5, 0.6) is 0 Å². The van der Waals surface area contributed by atoms with Crippen molar-refractivity contribution >= 4 is 34.4 Å². The number of hydrogen-bond acceptors (Lipinski definition) is 6. The van der Waals surface area contributed by atoms with Crippen molar-refractivity contribution in [3.8, 4) is 11.1 Å².